The van der Waals surface area contributed by atoms with Crippen LogP contribution in [0.15, 0.2) is 30.3 Å². The molecule has 1 N–H and O–H groups in total. The first-order valence-corrected chi connectivity index (χ1v) is 4.40. The number of carbonyl (C=O) groups is 1. The van der Waals surface area contributed by atoms with Crippen molar-refractivity contribution >= 4 is 5.97 Å². The zero-order valence-electron chi connectivity index (χ0n) is 8.36. The molecule has 0 aliphatic heterocycles. The van der Waals surface area contributed by atoms with Crippen molar-refractivity contribution in [1.82, 2.24) is 0 Å². The molecule has 0 saturated carbocycles. The number of carbonyl (C=O) groups excluding carboxylic acids is 1. The molecule has 0 radical (unpaired) electrons. The normalized spacial score (nSPS) is 14.5. The molecule has 1 atom stereocenters. The van der Waals surface area contributed by atoms with Gasteiger partial charge in [-0.2, -0.15) is 0 Å². The van der Waals surface area contributed by atoms with Crippen LogP contribution in [0.1, 0.15) is 12.5 Å². The van der Waals surface area contributed by atoms with E-state index in [-0.39, 0.29) is 6.61 Å². The van der Waals surface area contributed by atoms with E-state index >= 15 is 0 Å². The lowest BCUT2D eigenvalue weighted by Gasteiger charge is -2.24. The fourth-order valence-corrected chi connectivity index (χ4v) is 1.30. The zero-order valence-corrected chi connectivity index (χ0v) is 8.36. The second kappa shape index (κ2) is 4.24. The maximum atomic E-state index is 11.5. The van der Waals surface area contributed by atoms with Crippen LogP contribution in [0.3, 0.4) is 0 Å². The van der Waals surface area contributed by atoms with Crippen LogP contribution in [0.5, 0.6) is 0 Å². The Kier molecular flexibility index (Phi) is 3.25. The summed E-state index contributed by atoms with van der Waals surface area (Å²) >= 11 is 0. The number of aliphatic hydroxyl groups excluding tert-OH is 1. The van der Waals surface area contributed by atoms with Gasteiger partial charge >= 0.3 is 5.97 Å². The Balaban J connectivity index is 3.08. The van der Waals surface area contributed by atoms with Crippen LogP contribution in [0, 0.1) is 0 Å². The number of methoxy groups -OCH3 is 1. The molecule has 0 heterocycles. The molecule has 3 nitrogen and oxygen atoms in total. The average molecular weight is 194 g/mol. The Hall–Kier alpha value is -1.35. The average Bonchev–Trinajstić information content (AvgIpc) is 2.28. The van der Waals surface area contributed by atoms with Crippen LogP contribution in [-0.4, -0.2) is 24.8 Å². The number of hydrogen-bond donors (Lipinski definition) is 1. The number of aliphatic hydroxyl groups is 1. The van der Waals surface area contributed by atoms with Crippen molar-refractivity contribution in [3.8, 4) is 0 Å². The van der Waals surface area contributed by atoms with Crippen molar-refractivity contribution in [2.24, 2.45) is 0 Å². The highest BCUT2D eigenvalue weighted by molar-refractivity contribution is 5.82. The highest BCUT2D eigenvalue weighted by Gasteiger charge is 2.35. The summed E-state index contributed by atoms with van der Waals surface area (Å²) in [7, 11) is 1.32. The predicted molar refractivity (Wildman–Crippen MR) is 52.9 cm³/mol. The second-order valence-electron chi connectivity index (χ2n) is 3.35. The van der Waals surface area contributed by atoms with E-state index < -0.39 is 11.4 Å². The molecule has 76 valence electrons. The summed E-state index contributed by atoms with van der Waals surface area (Å²) in [5, 5.41) is 9.24. The van der Waals surface area contributed by atoms with E-state index in [0.29, 0.717) is 0 Å². The molecule has 1 aromatic carbocycles. The molecule has 0 aliphatic carbocycles. The highest BCUT2D eigenvalue weighted by atomic mass is 16.5. The third-order valence-electron chi connectivity index (χ3n) is 2.36. The van der Waals surface area contributed by atoms with Crippen LogP contribution in [0.25, 0.3) is 0 Å². The van der Waals surface area contributed by atoms with E-state index in [0.717, 1.165) is 5.56 Å². The predicted octanol–water partition coefficient (Wildman–Crippen LogP) is 1.11. The molecule has 0 saturated heterocycles. The Morgan fingerprint density at radius 2 is 2.00 bits per heavy atom. The van der Waals surface area contributed by atoms with Crippen LogP contribution in [-0.2, 0) is 14.9 Å². The minimum Gasteiger partial charge on any atom is -0.468 e. The minimum atomic E-state index is -0.962. The summed E-state index contributed by atoms with van der Waals surface area (Å²) < 4.78 is 4.66. The van der Waals surface area contributed by atoms with Crippen molar-refractivity contribution in [2.75, 3.05) is 13.7 Å². The molecule has 14 heavy (non-hydrogen) atoms. The van der Waals surface area contributed by atoms with Gasteiger partial charge < -0.3 is 9.84 Å². The molecular formula is C11H14O3. The van der Waals surface area contributed by atoms with Crippen molar-refractivity contribution in [3.05, 3.63) is 35.9 Å². The Bertz CT molecular complexity index is 308. The summed E-state index contributed by atoms with van der Waals surface area (Å²) in [5.41, 5.74) is -0.204. The molecule has 0 aromatic heterocycles. The quantitative estimate of drug-likeness (QED) is 0.733. The van der Waals surface area contributed by atoms with Gasteiger partial charge in [-0.1, -0.05) is 30.3 Å². The van der Waals surface area contributed by atoms with Crippen molar-refractivity contribution in [1.29, 1.82) is 0 Å². The lowest BCUT2D eigenvalue weighted by atomic mass is 9.83. The fourth-order valence-electron chi connectivity index (χ4n) is 1.30. The SMILES string of the molecule is COC(=O)[C@@](C)(CO)c1ccccc1. The van der Waals surface area contributed by atoms with E-state index in [1.807, 2.05) is 18.2 Å². The smallest absolute Gasteiger partial charge is 0.318 e. The Labute approximate surface area is 83.3 Å². The summed E-state index contributed by atoms with van der Waals surface area (Å²) in [6, 6.07) is 9.11. The molecule has 1 rings (SSSR count). The van der Waals surface area contributed by atoms with Crippen LogP contribution in [0.2, 0.25) is 0 Å². The molecule has 0 spiro atoms. The third kappa shape index (κ3) is 1.77. The largest absolute Gasteiger partial charge is 0.468 e. The number of esters is 1. The molecule has 0 aliphatic rings. The summed E-state index contributed by atoms with van der Waals surface area (Å²) in [5.74, 6) is -0.425. The highest BCUT2D eigenvalue weighted by Crippen LogP contribution is 2.24. The number of ether oxygens (including phenoxy) is 1. The minimum absolute atomic E-state index is 0.260. The monoisotopic (exact) mass is 194 g/mol. The molecule has 3 heteroatoms. The standard InChI is InChI=1S/C11H14O3/c1-11(8-12,10(13)14-2)9-6-4-3-5-7-9/h3-7,12H,8H2,1-2H3/t11-/m0/s1. The number of benzene rings is 1. The first kappa shape index (κ1) is 10.7. The van der Waals surface area contributed by atoms with Gasteiger partial charge in [-0.3, -0.25) is 4.79 Å². The van der Waals surface area contributed by atoms with Gasteiger partial charge in [0.05, 0.1) is 13.7 Å². The maximum absolute atomic E-state index is 11.5. The lowest BCUT2D eigenvalue weighted by Crippen LogP contribution is -2.37. The molecule has 1 aromatic rings. The molecule has 0 unspecified atom stereocenters. The van der Waals surface area contributed by atoms with E-state index in [2.05, 4.69) is 4.74 Å². The third-order valence-corrected chi connectivity index (χ3v) is 2.36. The first-order chi connectivity index (χ1) is 6.65. The van der Waals surface area contributed by atoms with Gasteiger partial charge in [-0.25, -0.2) is 0 Å². The van der Waals surface area contributed by atoms with E-state index in [9.17, 15) is 9.90 Å². The van der Waals surface area contributed by atoms with E-state index in [1.165, 1.54) is 7.11 Å². The molecular weight excluding hydrogens is 180 g/mol. The lowest BCUT2D eigenvalue weighted by molar-refractivity contribution is -0.148. The van der Waals surface area contributed by atoms with Gasteiger partial charge in [0.2, 0.25) is 0 Å². The number of rotatable bonds is 3. The van der Waals surface area contributed by atoms with E-state index in [4.69, 9.17) is 0 Å². The van der Waals surface area contributed by atoms with Gasteiger partial charge in [-0.05, 0) is 12.5 Å². The van der Waals surface area contributed by atoms with Gasteiger partial charge in [0.15, 0.2) is 0 Å². The van der Waals surface area contributed by atoms with Crippen molar-refractivity contribution in [2.45, 2.75) is 12.3 Å². The molecule has 0 fully saturated rings. The molecule has 0 amide bonds. The maximum Gasteiger partial charge on any atom is 0.318 e. The zero-order chi connectivity index (χ0) is 10.6. The summed E-state index contributed by atoms with van der Waals surface area (Å²) in [6.07, 6.45) is 0. The summed E-state index contributed by atoms with van der Waals surface area (Å²) in [4.78, 5) is 11.5. The van der Waals surface area contributed by atoms with Crippen LogP contribution < -0.4 is 0 Å². The van der Waals surface area contributed by atoms with Gasteiger partial charge in [0, 0.05) is 0 Å². The fraction of sp³-hybridized carbons (Fsp3) is 0.364. The van der Waals surface area contributed by atoms with E-state index in [1.54, 1.807) is 19.1 Å². The van der Waals surface area contributed by atoms with Gasteiger partial charge in [0.25, 0.3) is 0 Å². The molecule has 0 bridgehead atoms. The first-order valence-electron chi connectivity index (χ1n) is 4.40. The Morgan fingerprint density at radius 3 is 2.43 bits per heavy atom. The van der Waals surface area contributed by atoms with Gasteiger partial charge in [-0.15, -0.1) is 0 Å². The number of hydrogen-bond acceptors (Lipinski definition) is 3. The van der Waals surface area contributed by atoms with Gasteiger partial charge in [0.1, 0.15) is 5.41 Å². The van der Waals surface area contributed by atoms with Crippen LogP contribution >= 0.6 is 0 Å². The topological polar surface area (TPSA) is 46.5 Å². The second-order valence-corrected chi connectivity index (χ2v) is 3.35. The van der Waals surface area contributed by atoms with Crippen molar-refractivity contribution < 1.29 is 14.6 Å². The summed E-state index contributed by atoms with van der Waals surface area (Å²) in [6.45, 7) is 1.40. The Morgan fingerprint density at radius 1 is 1.43 bits per heavy atom. The van der Waals surface area contributed by atoms with Crippen LogP contribution in [0.4, 0.5) is 0 Å². The van der Waals surface area contributed by atoms with Crippen molar-refractivity contribution in [3.63, 3.8) is 0 Å².